The first-order chi connectivity index (χ1) is 16.1. The van der Waals surface area contributed by atoms with E-state index in [0.717, 1.165) is 0 Å². The Morgan fingerprint density at radius 3 is 2.65 bits per heavy atom. The fourth-order valence-corrected chi connectivity index (χ4v) is 3.90. The predicted octanol–water partition coefficient (Wildman–Crippen LogP) is 2.22. The van der Waals surface area contributed by atoms with E-state index in [1.165, 1.54) is 30.0 Å². The molecule has 10 heteroatoms. The van der Waals surface area contributed by atoms with E-state index in [9.17, 15) is 29.9 Å². The third kappa shape index (κ3) is 4.84. The van der Waals surface area contributed by atoms with Gasteiger partial charge in [0.2, 0.25) is 0 Å². The number of benzene rings is 2. The summed E-state index contributed by atoms with van der Waals surface area (Å²) in [5.74, 6) is -1.94. The summed E-state index contributed by atoms with van der Waals surface area (Å²) in [7, 11) is 0. The molecule has 0 bridgehead atoms. The minimum absolute atomic E-state index is 0.0391. The molecule has 2 aromatic carbocycles. The van der Waals surface area contributed by atoms with Crippen molar-refractivity contribution in [2.24, 2.45) is 5.92 Å². The van der Waals surface area contributed by atoms with Gasteiger partial charge in [-0.05, 0) is 37.1 Å². The van der Waals surface area contributed by atoms with Gasteiger partial charge in [0, 0.05) is 35.9 Å². The maximum atomic E-state index is 13.5. The summed E-state index contributed by atoms with van der Waals surface area (Å²) in [5.41, 5.74) is -0.749. The number of nitrogens with one attached hydrogen (secondary N) is 1. The van der Waals surface area contributed by atoms with E-state index in [0.29, 0.717) is 23.4 Å². The maximum Gasteiger partial charge on any atom is 0.269 e. The number of carbonyl (C=O) groups excluding carboxylic acids is 2. The van der Waals surface area contributed by atoms with Gasteiger partial charge in [0.05, 0.1) is 17.2 Å². The van der Waals surface area contributed by atoms with Crippen LogP contribution in [0, 0.1) is 16.0 Å². The smallest absolute Gasteiger partial charge is 0.269 e. The molecule has 0 spiro atoms. The van der Waals surface area contributed by atoms with Crippen LogP contribution in [0.1, 0.15) is 31.4 Å². The lowest BCUT2D eigenvalue weighted by atomic mass is 9.82. The predicted molar refractivity (Wildman–Crippen MR) is 125 cm³/mol. The third-order valence-corrected chi connectivity index (χ3v) is 5.76. The van der Waals surface area contributed by atoms with Crippen LogP contribution in [0.5, 0.6) is 0 Å². The molecule has 0 aromatic heterocycles. The molecule has 34 heavy (non-hydrogen) atoms. The first-order valence-electron chi connectivity index (χ1n) is 10.8. The Bertz CT molecular complexity index is 1130. The average molecular weight is 469 g/mol. The van der Waals surface area contributed by atoms with Crippen molar-refractivity contribution < 1.29 is 29.8 Å². The van der Waals surface area contributed by atoms with E-state index in [-0.39, 0.29) is 24.4 Å². The summed E-state index contributed by atoms with van der Waals surface area (Å²) in [6.45, 7) is 2.92. The van der Waals surface area contributed by atoms with Crippen LogP contribution in [-0.2, 0) is 21.7 Å². The van der Waals surface area contributed by atoms with Gasteiger partial charge in [0.25, 0.3) is 17.5 Å². The molecule has 0 radical (unpaired) electrons. The number of rotatable bonds is 9. The lowest BCUT2D eigenvalue weighted by Gasteiger charge is -2.27. The number of hydrogen-bond acceptors (Lipinski definition) is 7. The Kier molecular flexibility index (Phi) is 7.45. The summed E-state index contributed by atoms with van der Waals surface area (Å²) in [4.78, 5) is 37.4. The van der Waals surface area contributed by atoms with Gasteiger partial charge in [0.1, 0.15) is 6.10 Å². The highest BCUT2D eigenvalue weighted by atomic mass is 16.6. The quantitative estimate of drug-likeness (QED) is 0.249. The highest BCUT2D eigenvalue weighted by Crippen LogP contribution is 2.47. The summed E-state index contributed by atoms with van der Waals surface area (Å²) in [6.07, 6.45) is 2.39. The van der Waals surface area contributed by atoms with E-state index in [1.807, 2.05) is 0 Å². The Balaban J connectivity index is 1.99. The van der Waals surface area contributed by atoms with E-state index in [2.05, 4.69) is 5.32 Å². The van der Waals surface area contributed by atoms with Crippen molar-refractivity contribution in [1.29, 1.82) is 0 Å². The first kappa shape index (κ1) is 25.0. The second-order valence-corrected chi connectivity index (χ2v) is 8.21. The van der Waals surface area contributed by atoms with Crippen molar-refractivity contribution in [3.8, 4) is 0 Å². The van der Waals surface area contributed by atoms with Gasteiger partial charge in [-0.3, -0.25) is 19.7 Å². The van der Waals surface area contributed by atoms with Crippen molar-refractivity contribution in [3.05, 3.63) is 75.9 Å². The van der Waals surface area contributed by atoms with Crippen LogP contribution in [0.25, 0.3) is 0 Å². The van der Waals surface area contributed by atoms with Crippen LogP contribution >= 0.6 is 0 Å². The van der Waals surface area contributed by atoms with Crippen molar-refractivity contribution in [1.82, 2.24) is 0 Å². The van der Waals surface area contributed by atoms with Gasteiger partial charge in [-0.25, -0.2) is 0 Å². The van der Waals surface area contributed by atoms with E-state index in [1.54, 1.807) is 43.3 Å². The van der Waals surface area contributed by atoms with Crippen molar-refractivity contribution in [3.63, 3.8) is 0 Å². The maximum absolute atomic E-state index is 13.5. The molecule has 0 unspecified atom stereocenters. The minimum atomic E-state index is -2.04. The van der Waals surface area contributed by atoms with Gasteiger partial charge < -0.3 is 25.5 Å². The van der Waals surface area contributed by atoms with Crippen LogP contribution in [0.2, 0.25) is 0 Å². The van der Waals surface area contributed by atoms with Crippen LogP contribution < -0.4 is 10.2 Å². The molecular weight excluding hydrogens is 442 g/mol. The molecule has 1 aliphatic rings. The SMILES string of the molecule is C[C@H](O)C(=O)Nc1cccc(CN2C(=O)[C@](O)([C@H](C)/C=C/CCO)c3cc([N+](=O)[O-])ccc32)c1. The Labute approximate surface area is 196 Å². The third-order valence-electron chi connectivity index (χ3n) is 5.76. The highest BCUT2D eigenvalue weighted by molar-refractivity contribution is 6.07. The van der Waals surface area contributed by atoms with Crippen LogP contribution in [0.15, 0.2) is 54.6 Å². The summed E-state index contributed by atoms with van der Waals surface area (Å²) in [5, 5.41) is 43.9. The molecule has 2 amide bonds. The molecule has 3 rings (SSSR count). The summed E-state index contributed by atoms with van der Waals surface area (Å²) >= 11 is 0. The fraction of sp³-hybridized carbons (Fsp3) is 0.333. The largest absolute Gasteiger partial charge is 0.396 e. The summed E-state index contributed by atoms with van der Waals surface area (Å²) < 4.78 is 0. The average Bonchev–Trinajstić information content (AvgIpc) is 3.01. The summed E-state index contributed by atoms with van der Waals surface area (Å²) in [6, 6.07) is 10.6. The normalized spacial score (nSPS) is 19.2. The Morgan fingerprint density at radius 1 is 1.26 bits per heavy atom. The van der Waals surface area contributed by atoms with Crippen molar-refractivity contribution in [2.75, 3.05) is 16.8 Å². The number of nitro benzene ring substituents is 1. The van der Waals surface area contributed by atoms with Crippen molar-refractivity contribution in [2.45, 2.75) is 38.5 Å². The van der Waals surface area contributed by atoms with Crippen LogP contribution in [0.3, 0.4) is 0 Å². The lowest BCUT2D eigenvalue weighted by Crippen LogP contribution is -2.44. The number of nitrogens with zero attached hydrogens (tertiary/aromatic N) is 2. The van der Waals surface area contributed by atoms with Gasteiger partial charge in [0.15, 0.2) is 5.60 Å². The molecule has 0 aliphatic carbocycles. The Hall–Kier alpha value is -3.60. The Morgan fingerprint density at radius 2 is 2.00 bits per heavy atom. The molecule has 180 valence electrons. The number of fused-ring (bicyclic) bond motifs is 1. The molecule has 4 N–H and O–H groups in total. The fourth-order valence-electron chi connectivity index (χ4n) is 3.90. The molecular formula is C24H27N3O7. The zero-order chi connectivity index (χ0) is 25.0. The molecule has 1 aliphatic heterocycles. The number of carbonyl (C=O) groups is 2. The number of non-ortho nitro benzene ring substituents is 1. The second-order valence-electron chi connectivity index (χ2n) is 8.21. The number of amides is 2. The lowest BCUT2D eigenvalue weighted by molar-refractivity contribution is -0.385. The van der Waals surface area contributed by atoms with E-state index >= 15 is 0 Å². The number of aliphatic hydroxyl groups is 3. The molecule has 1 heterocycles. The van der Waals surface area contributed by atoms with Crippen LogP contribution in [-0.4, -0.2) is 44.8 Å². The van der Waals surface area contributed by atoms with Gasteiger partial charge in [-0.15, -0.1) is 0 Å². The number of nitro groups is 1. The minimum Gasteiger partial charge on any atom is -0.396 e. The highest BCUT2D eigenvalue weighted by Gasteiger charge is 2.53. The molecule has 0 fully saturated rings. The zero-order valence-electron chi connectivity index (χ0n) is 18.8. The van der Waals surface area contributed by atoms with Gasteiger partial charge >= 0.3 is 0 Å². The number of hydrogen-bond donors (Lipinski definition) is 4. The molecule has 0 saturated carbocycles. The standard InChI is InChI=1S/C24H27N3O7/c1-15(6-3-4-11-28)24(32)20-13-19(27(33)34)9-10-21(20)26(23(24)31)14-17-7-5-8-18(12-17)25-22(30)16(2)29/h3,5-10,12-13,15-16,28-29,32H,4,11,14H2,1-2H3,(H,25,30)/b6-3+/t15-,16+,24+/m1/s1. The number of aliphatic hydroxyl groups excluding tert-OH is 2. The van der Waals surface area contributed by atoms with Crippen molar-refractivity contribution >= 4 is 28.9 Å². The van der Waals surface area contributed by atoms with Gasteiger partial charge in [-0.1, -0.05) is 31.2 Å². The van der Waals surface area contributed by atoms with E-state index < -0.39 is 34.4 Å². The molecule has 10 nitrogen and oxygen atoms in total. The second kappa shape index (κ2) is 10.1. The van der Waals surface area contributed by atoms with Crippen LogP contribution in [0.4, 0.5) is 17.1 Å². The monoisotopic (exact) mass is 469 g/mol. The molecule has 3 atom stereocenters. The topological polar surface area (TPSA) is 153 Å². The van der Waals surface area contributed by atoms with E-state index in [4.69, 9.17) is 5.11 Å². The number of anilines is 2. The van der Waals surface area contributed by atoms with Gasteiger partial charge in [-0.2, -0.15) is 0 Å². The molecule has 0 saturated heterocycles. The first-order valence-corrected chi connectivity index (χ1v) is 10.8. The molecule has 2 aromatic rings. The zero-order valence-corrected chi connectivity index (χ0v) is 18.8.